The predicted molar refractivity (Wildman–Crippen MR) is 90.3 cm³/mol. The molecule has 1 aliphatic heterocycles. The first-order valence-electron chi connectivity index (χ1n) is 8.49. The van der Waals surface area contributed by atoms with Crippen LogP contribution in [-0.2, 0) is 11.3 Å². The predicted octanol–water partition coefficient (Wildman–Crippen LogP) is 3.49. The van der Waals surface area contributed by atoms with Gasteiger partial charge >= 0.3 is 0 Å². The van der Waals surface area contributed by atoms with Gasteiger partial charge in [0.2, 0.25) is 5.91 Å². The van der Waals surface area contributed by atoms with Crippen LogP contribution in [0.5, 0.6) is 0 Å². The van der Waals surface area contributed by atoms with E-state index in [-0.39, 0.29) is 0 Å². The van der Waals surface area contributed by atoms with Crippen molar-refractivity contribution in [3.63, 3.8) is 0 Å². The second-order valence-corrected chi connectivity index (χ2v) is 6.79. The summed E-state index contributed by atoms with van der Waals surface area (Å²) in [7, 11) is 0. The average Bonchev–Trinajstić information content (AvgIpc) is 2.88. The molecule has 1 aliphatic rings. The maximum Gasteiger partial charge on any atom is 0.222 e. The fourth-order valence-electron chi connectivity index (χ4n) is 3.38. The minimum absolute atomic E-state index is 0.294. The third-order valence-corrected chi connectivity index (χ3v) is 4.86. The van der Waals surface area contributed by atoms with Gasteiger partial charge in [0.25, 0.3) is 0 Å². The van der Waals surface area contributed by atoms with Crippen LogP contribution in [0.25, 0.3) is 0 Å². The number of hydrogen-bond acceptors (Lipinski definition) is 3. The monoisotopic (exact) mass is 324 g/mol. The molecule has 1 saturated heterocycles. The first-order valence-corrected chi connectivity index (χ1v) is 8.90. The number of nitrogens with zero attached hydrogens (tertiary/aromatic N) is 3. The summed E-state index contributed by atoms with van der Waals surface area (Å²) in [5, 5.41) is 7.29. The first-order chi connectivity index (χ1) is 10.6. The molecule has 0 bridgehead atoms. The fraction of sp³-hybridized carbons (Fsp3) is 0.812. The standard InChI is InChI=1S/C16H28N4OS/c1-4-7-12(3)10-14(21)19-9-6-8-13(11-19)15-17-18-16(22)20(15)5-2/h12-13H,4-11H2,1-3H3,(H,18,22). The van der Waals surface area contributed by atoms with Crippen LogP contribution >= 0.6 is 12.2 Å². The molecule has 1 aromatic rings. The maximum atomic E-state index is 12.5. The number of hydrogen-bond donors (Lipinski definition) is 1. The molecule has 2 atom stereocenters. The molecule has 2 heterocycles. The molecule has 1 fully saturated rings. The number of carbonyl (C=O) groups is 1. The molecule has 6 heteroatoms. The Hall–Kier alpha value is -1.17. The van der Waals surface area contributed by atoms with Gasteiger partial charge in [-0.3, -0.25) is 9.89 Å². The van der Waals surface area contributed by atoms with E-state index in [4.69, 9.17) is 12.2 Å². The largest absolute Gasteiger partial charge is 0.342 e. The number of rotatable bonds is 6. The van der Waals surface area contributed by atoms with E-state index in [1.165, 1.54) is 0 Å². The van der Waals surface area contributed by atoms with Crippen LogP contribution in [0.1, 0.15) is 64.6 Å². The Balaban J connectivity index is 2.02. The van der Waals surface area contributed by atoms with Crippen LogP contribution in [0.15, 0.2) is 0 Å². The molecule has 0 spiro atoms. The Morgan fingerprint density at radius 2 is 2.27 bits per heavy atom. The van der Waals surface area contributed by atoms with Gasteiger partial charge in [-0.25, -0.2) is 0 Å². The van der Waals surface area contributed by atoms with Gasteiger partial charge < -0.3 is 9.47 Å². The Bertz CT molecular complexity index is 551. The number of aromatic nitrogens is 3. The van der Waals surface area contributed by atoms with Crippen molar-refractivity contribution in [2.24, 2.45) is 5.92 Å². The molecular formula is C16H28N4OS. The lowest BCUT2D eigenvalue weighted by Gasteiger charge is -2.33. The minimum atomic E-state index is 0.294. The highest BCUT2D eigenvalue weighted by Gasteiger charge is 2.28. The van der Waals surface area contributed by atoms with Gasteiger partial charge in [0, 0.05) is 32.0 Å². The highest BCUT2D eigenvalue weighted by atomic mass is 32.1. The summed E-state index contributed by atoms with van der Waals surface area (Å²) in [6.07, 6.45) is 5.05. The molecule has 2 rings (SSSR count). The van der Waals surface area contributed by atoms with Gasteiger partial charge in [-0.1, -0.05) is 26.7 Å². The SMILES string of the molecule is CCCC(C)CC(=O)N1CCCC(c2n[nH]c(=S)n2CC)C1. The molecular weight excluding hydrogens is 296 g/mol. The Morgan fingerprint density at radius 3 is 2.95 bits per heavy atom. The van der Waals surface area contributed by atoms with Crippen LogP contribution in [0.2, 0.25) is 0 Å². The molecule has 1 amide bonds. The van der Waals surface area contributed by atoms with Crippen LogP contribution in [0.3, 0.4) is 0 Å². The Labute approximate surface area is 138 Å². The van der Waals surface area contributed by atoms with Crippen LogP contribution in [0, 0.1) is 10.7 Å². The molecule has 2 unspecified atom stereocenters. The second kappa shape index (κ2) is 7.90. The average molecular weight is 324 g/mol. The highest BCUT2D eigenvalue weighted by molar-refractivity contribution is 7.71. The summed E-state index contributed by atoms with van der Waals surface area (Å²) in [6.45, 7) is 8.90. The molecule has 5 nitrogen and oxygen atoms in total. The molecule has 0 aromatic carbocycles. The number of H-pyrrole nitrogens is 1. The zero-order chi connectivity index (χ0) is 16.1. The highest BCUT2D eigenvalue weighted by Crippen LogP contribution is 2.26. The zero-order valence-electron chi connectivity index (χ0n) is 14.0. The van der Waals surface area contributed by atoms with Crippen LogP contribution < -0.4 is 0 Å². The lowest BCUT2D eigenvalue weighted by atomic mass is 9.95. The Kier molecular flexibility index (Phi) is 6.17. The maximum absolute atomic E-state index is 12.5. The zero-order valence-corrected chi connectivity index (χ0v) is 14.8. The van der Waals surface area contributed by atoms with Crippen molar-refractivity contribution in [3.8, 4) is 0 Å². The fourth-order valence-corrected chi connectivity index (χ4v) is 3.65. The molecule has 22 heavy (non-hydrogen) atoms. The molecule has 0 radical (unpaired) electrons. The molecule has 124 valence electrons. The summed E-state index contributed by atoms with van der Waals surface area (Å²) in [6, 6.07) is 0. The summed E-state index contributed by atoms with van der Waals surface area (Å²) < 4.78 is 2.73. The molecule has 1 N–H and O–H groups in total. The summed E-state index contributed by atoms with van der Waals surface area (Å²) in [5.41, 5.74) is 0. The van der Waals surface area contributed by atoms with Crippen molar-refractivity contribution in [1.29, 1.82) is 0 Å². The lowest BCUT2D eigenvalue weighted by molar-refractivity contribution is -0.133. The van der Waals surface area contributed by atoms with Crippen molar-refractivity contribution in [2.75, 3.05) is 13.1 Å². The number of piperidine rings is 1. The van der Waals surface area contributed by atoms with E-state index in [2.05, 4.69) is 31.0 Å². The van der Waals surface area contributed by atoms with Gasteiger partial charge in [-0.2, -0.15) is 5.10 Å². The van der Waals surface area contributed by atoms with E-state index in [1.54, 1.807) is 0 Å². The van der Waals surface area contributed by atoms with E-state index in [0.29, 0.717) is 28.9 Å². The van der Waals surface area contributed by atoms with Gasteiger partial charge in [-0.05, 0) is 37.9 Å². The summed E-state index contributed by atoms with van der Waals surface area (Å²) in [4.78, 5) is 14.5. The number of nitrogens with one attached hydrogen (secondary N) is 1. The van der Waals surface area contributed by atoms with Crippen LogP contribution in [0.4, 0.5) is 0 Å². The molecule has 0 aliphatic carbocycles. The summed E-state index contributed by atoms with van der Waals surface area (Å²) in [5.74, 6) is 2.07. The number of amides is 1. The van der Waals surface area contributed by atoms with Gasteiger partial charge in [0.1, 0.15) is 5.82 Å². The van der Waals surface area contributed by atoms with E-state index in [9.17, 15) is 4.79 Å². The number of aromatic amines is 1. The molecule has 0 saturated carbocycles. The first kappa shape index (κ1) is 17.2. The smallest absolute Gasteiger partial charge is 0.222 e. The van der Waals surface area contributed by atoms with E-state index >= 15 is 0 Å². The lowest BCUT2D eigenvalue weighted by Crippen LogP contribution is -2.40. The number of likely N-dealkylation sites (tertiary alicyclic amines) is 1. The van der Waals surface area contributed by atoms with E-state index in [1.807, 2.05) is 9.47 Å². The van der Waals surface area contributed by atoms with E-state index in [0.717, 1.165) is 51.1 Å². The Morgan fingerprint density at radius 1 is 1.50 bits per heavy atom. The van der Waals surface area contributed by atoms with Crippen molar-refractivity contribution in [2.45, 2.75) is 65.3 Å². The van der Waals surface area contributed by atoms with Crippen molar-refractivity contribution >= 4 is 18.1 Å². The van der Waals surface area contributed by atoms with Crippen LogP contribution in [-0.4, -0.2) is 38.7 Å². The quantitative estimate of drug-likeness (QED) is 0.815. The van der Waals surface area contributed by atoms with Crippen molar-refractivity contribution < 1.29 is 4.79 Å². The van der Waals surface area contributed by atoms with Crippen molar-refractivity contribution in [1.82, 2.24) is 19.7 Å². The third-order valence-electron chi connectivity index (χ3n) is 4.55. The summed E-state index contributed by atoms with van der Waals surface area (Å²) >= 11 is 5.27. The minimum Gasteiger partial charge on any atom is -0.342 e. The third kappa shape index (κ3) is 3.97. The van der Waals surface area contributed by atoms with Crippen molar-refractivity contribution in [3.05, 3.63) is 10.6 Å². The normalized spacial score (nSPS) is 20.1. The topological polar surface area (TPSA) is 53.9 Å². The number of carbonyl (C=O) groups excluding carboxylic acids is 1. The van der Waals surface area contributed by atoms with Gasteiger partial charge in [0.15, 0.2) is 4.77 Å². The molecule has 1 aromatic heterocycles. The second-order valence-electron chi connectivity index (χ2n) is 6.41. The van der Waals surface area contributed by atoms with Gasteiger partial charge in [-0.15, -0.1) is 0 Å². The van der Waals surface area contributed by atoms with E-state index < -0.39 is 0 Å². The van der Waals surface area contributed by atoms with Gasteiger partial charge in [0.05, 0.1) is 0 Å².